The van der Waals surface area contributed by atoms with Crippen LogP contribution in [0.4, 0.5) is 4.39 Å². The third-order valence-corrected chi connectivity index (χ3v) is 6.19. The van der Waals surface area contributed by atoms with E-state index in [2.05, 4.69) is 14.9 Å². The van der Waals surface area contributed by atoms with Crippen LogP contribution < -0.4 is 4.72 Å². The smallest absolute Gasteiger partial charge is 0.209 e. The quantitative estimate of drug-likeness (QED) is 0.505. The molecule has 6 nitrogen and oxygen atoms in total. The zero-order chi connectivity index (χ0) is 21.2. The van der Waals surface area contributed by atoms with E-state index in [-0.39, 0.29) is 5.82 Å². The van der Waals surface area contributed by atoms with E-state index < -0.39 is 16.1 Å². The Morgan fingerprint density at radius 1 is 1.17 bits per heavy atom. The maximum Gasteiger partial charge on any atom is 0.209 e. The van der Waals surface area contributed by atoms with Gasteiger partial charge in [0.05, 0.1) is 23.0 Å². The van der Waals surface area contributed by atoms with Crippen molar-refractivity contribution in [2.24, 2.45) is 0 Å². The van der Waals surface area contributed by atoms with Crippen LogP contribution >= 0.6 is 35.0 Å². The minimum Gasteiger partial charge on any atom is -0.271 e. The fraction of sp³-hybridized carbons (Fsp3) is 0.222. The van der Waals surface area contributed by atoms with Crippen LogP contribution in [-0.2, 0) is 15.8 Å². The summed E-state index contributed by atoms with van der Waals surface area (Å²) in [7, 11) is -3.46. The second kappa shape index (κ2) is 9.01. The lowest BCUT2D eigenvalue weighted by Crippen LogP contribution is -2.27. The van der Waals surface area contributed by atoms with Crippen LogP contribution in [0.15, 0.2) is 47.6 Å². The number of benzene rings is 2. The van der Waals surface area contributed by atoms with Crippen molar-refractivity contribution in [1.29, 1.82) is 0 Å². The number of nitrogens with one attached hydrogen (secondary N) is 1. The standard InChI is InChI=1S/C18H17Cl2FN4O2S2/c1-11(24-29(2,26)27)17-22-23-18(28-10-12-3-6-14(21)7-4-12)25(17)16-8-5-13(19)9-15(16)20/h3-9,11,24H,10H2,1-2H3. The number of nitrogens with zero attached hydrogens (tertiary/aromatic N) is 3. The summed E-state index contributed by atoms with van der Waals surface area (Å²) in [6.45, 7) is 1.67. The average Bonchev–Trinajstić information content (AvgIpc) is 3.04. The molecule has 1 unspecified atom stereocenters. The molecule has 0 aliphatic carbocycles. The Labute approximate surface area is 182 Å². The van der Waals surface area contributed by atoms with E-state index in [1.54, 1.807) is 41.8 Å². The van der Waals surface area contributed by atoms with Crippen LogP contribution in [-0.4, -0.2) is 29.4 Å². The van der Waals surface area contributed by atoms with Crippen LogP contribution in [0.5, 0.6) is 0 Å². The fourth-order valence-corrected chi connectivity index (χ4v) is 4.79. The lowest BCUT2D eigenvalue weighted by atomic mass is 10.2. The molecule has 1 heterocycles. The monoisotopic (exact) mass is 474 g/mol. The molecule has 0 bridgehead atoms. The molecule has 1 aromatic heterocycles. The number of halogens is 3. The predicted molar refractivity (Wildman–Crippen MR) is 114 cm³/mol. The molecule has 0 aliphatic heterocycles. The molecule has 3 aromatic rings. The highest BCUT2D eigenvalue weighted by atomic mass is 35.5. The number of rotatable bonds is 7. The van der Waals surface area contributed by atoms with Gasteiger partial charge in [0.2, 0.25) is 10.0 Å². The molecule has 29 heavy (non-hydrogen) atoms. The van der Waals surface area contributed by atoms with Crippen LogP contribution in [0.3, 0.4) is 0 Å². The maximum atomic E-state index is 13.1. The van der Waals surface area contributed by atoms with Gasteiger partial charge < -0.3 is 0 Å². The normalized spacial score (nSPS) is 12.9. The number of aromatic nitrogens is 3. The van der Waals surface area contributed by atoms with Gasteiger partial charge in [-0.05, 0) is 42.8 Å². The molecular formula is C18H17Cl2FN4O2S2. The Bertz CT molecular complexity index is 1120. The first-order chi connectivity index (χ1) is 13.6. The minimum absolute atomic E-state index is 0.308. The number of thioether (sulfide) groups is 1. The van der Waals surface area contributed by atoms with E-state index in [1.807, 2.05) is 0 Å². The molecule has 0 radical (unpaired) electrons. The van der Waals surface area contributed by atoms with Crippen LogP contribution in [0.2, 0.25) is 10.0 Å². The van der Waals surface area contributed by atoms with E-state index in [4.69, 9.17) is 23.2 Å². The molecule has 3 rings (SSSR count). The first-order valence-electron chi connectivity index (χ1n) is 8.39. The zero-order valence-electron chi connectivity index (χ0n) is 15.4. The van der Waals surface area contributed by atoms with Gasteiger partial charge in [0.15, 0.2) is 11.0 Å². The molecular weight excluding hydrogens is 458 g/mol. The molecule has 1 atom stereocenters. The highest BCUT2D eigenvalue weighted by Gasteiger charge is 2.23. The third kappa shape index (κ3) is 5.70. The third-order valence-electron chi connectivity index (χ3n) is 3.87. The van der Waals surface area contributed by atoms with Gasteiger partial charge in [-0.15, -0.1) is 10.2 Å². The Morgan fingerprint density at radius 3 is 2.48 bits per heavy atom. The minimum atomic E-state index is -3.46. The number of sulfonamides is 1. The molecule has 0 amide bonds. The number of hydrogen-bond acceptors (Lipinski definition) is 5. The van der Waals surface area contributed by atoms with E-state index in [1.165, 1.54) is 23.9 Å². The zero-order valence-corrected chi connectivity index (χ0v) is 18.6. The lowest BCUT2D eigenvalue weighted by Gasteiger charge is -2.16. The first-order valence-corrected chi connectivity index (χ1v) is 12.0. The van der Waals surface area contributed by atoms with Crippen LogP contribution in [0.1, 0.15) is 24.4 Å². The Balaban J connectivity index is 2.00. The van der Waals surface area contributed by atoms with E-state index in [0.717, 1.165) is 11.8 Å². The van der Waals surface area contributed by atoms with Gasteiger partial charge in [-0.1, -0.05) is 47.1 Å². The predicted octanol–water partition coefficient (Wildman–Crippen LogP) is 4.62. The second-order valence-corrected chi connectivity index (χ2v) is 9.86. The topological polar surface area (TPSA) is 76.9 Å². The van der Waals surface area contributed by atoms with E-state index in [0.29, 0.717) is 32.5 Å². The summed E-state index contributed by atoms with van der Waals surface area (Å²) in [5, 5.41) is 9.74. The van der Waals surface area contributed by atoms with Crippen LogP contribution in [0, 0.1) is 5.82 Å². The summed E-state index contributed by atoms with van der Waals surface area (Å²) < 4.78 is 40.7. The van der Waals surface area contributed by atoms with E-state index in [9.17, 15) is 12.8 Å². The average molecular weight is 475 g/mol. The van der Waals surface area contributed by atoms with Crippen molar-refractivity contribution >= 4 is 45.0 Å². The van der Waals surface area contributed by atoms with E-state index >= 15 is 0 Å². The fourth-order valence-electron chi connectivity index (χ4n) is 2.65. The Kier molecular flexibility index (Phi) is 6.85. The van der Waals surface area contributed by atoms with Crippen LogP contribution in [0.25, 0.3) is 5.69 Å². The summed E-state index contributed by atoms with van der Waals surface area (Å²) in [6, 6.07) is 10.5. The summed E-state index contributed by atoms with van der Waals surface area (Å²) in [5.41, 5.74) is 1.47. The summed E-state index contributed by atoms with van der Waals surface area (Å²) in [4.78, 5) is 0. The number of hydrogen-bond donors (Lipinski definition) is 1. The summed E-state index contributed by atoms with van der Waals surface area (Å²) in [5.74, 6) is 0.580. The first kappa shape index (κ1) is 22.0. The van der Waals surface area contributed by atoms with Gasteiger partial charge in [-0.25, -0.2) is 17.5 Å². The van der Waals surface area contributed by atoms with Crippen molar-refractivity contribution in [2.75, 3.05) is 6.26 Å². The molecule has 0 aliphatic rings. The lowest BCUT2D eigenvalue weighted by molar-refractivity contribution is 0.561. The highest BCUT2D eigenvalue weighted by Crippen LogP contribution is 2.32. The molecule has 0 saturated carbocycles. The molecule has 154 valence electrons. The van der Waals surface area contributed by atoms with Gasteiger partial charge in [-0.2, -0.15) is 0 Å². The summed E-state index contributed by atoms with van der Waals surface area (Å²) in [6.07, 6.45) is 1.07. The van der Waals surface area contributed by atoms with Gasteiger partial charge in [-0.3, -0.25) is 4.57 Å². The molecule has 0 fully saturated rings. The maximum absolute atomic E-state index is 13.1. The van der Waals surface area contributed by atoms with Crippen molar-refractivity contribution in [2.45, 2.75) is 23.9 Å². The van der Waals surface area contributed by atoms with Gasteiger partial charge in [0, 0.05) is 10.8 Å². The molecule has 2 aromatic carbocycles. The van der Waals surface area contributed by atoms with Crippen molar-refractivity contribution in [3.8, 4) is 5.69 Å². The van der Waals surface area contributed by atoms with Gasteiger partial charge in [0.25, 0.3) is 0 Å². The Hall–Kier alpha value is -1.65. The van der Waals surface area contributed by atoms with Crippen molar-refractivity contribution in [1.82, 2.24) is 19.5 Å². The molecule has 11 heteroatoms. The van der Waals surface area contributed by atoms with Crippen molar-refractivity contribution in [3.63, 3.8) is 0 Å². The van der Waals surface area contributed by atoms with Crippen molar-refractivity contribution in [3.05, 3.63) is 69.7 Å². The second-order valence-electron chi connectivity index (χ2n) is 6.30. The SMILES string of the molecule is CC(NS(C)(=O)=O)c1nnc(SCc2ccc(F)cc2)n1-c1ccc(Cl)cc1Cl. The largest absolute Gasteiger partial charge is 0.271 e. The highest BCUT2D eigenvalue weighted by molar-refractivity contribution is 7.98. The molecule has 0 spiro atoms. The Morgan fingerprint density at radius 2 is 1.86 bits per heavy atom. The molecule has 1 N–H and O–H groups in total. The van der Waals surface area contributed by atoms with Gasteiger partial charge in [0.1, 0.15) is 5.82 Å². The molecule has 0 saturated heterocycles. The van der Waals surface area contributed by atoms with Gasteiger partial charge >= 0.3 is 0 Å². The summed E-state index contributed by atoms with van der Waals surface area (Å²) >= 11 is 13.8. The van der Waals surface area contributed by atoms with Crippen molar-refractivity contribution < 1.29 is 12.8 Å².